The molecule has 0 aliphatic carbocycles. The van der Waals surface area contributed by atoms with E-state index in [1.54, 1.807) is 0 Å². The summed E-state index contributed by atoms with van der Waals surface area (Å²) in [6.07, 6.45) is 6.40. The van der Waals surface area contributed by atoms with Gasteiger partial charge in [-0.05, 0) is 53.9 Å². The Balaban J connectivity index is 2.47. The molecule has 0 amide bonds. The van der Waals surface area contributed by atoms with Crippen LogP contribution in [0, 0.1) is 0 Å². The molecule has 1 atom stereocenters. The highest BCUT2D eigenvalue weighted by atomic mass is 15.1. The Labute approximate surface area is 108 Å². The number of hydrogen-bond donors (Lipinski definition) is 2. The van der Waals surface area contributed by atoms with Crippen LogP contribution in [0.3, 0.4) is 0 Å². The van der Waals surface area contributed by atoms with Gasteiger partial charge in [-0.25, -0.2) is 0 Å². The summed E-state index contributed by atoms with van der Waals surface area (Å²) in [6, 6.07) is 1.32. The molecule has 1 fully saturated rings. The number of unbranched alkanes of at least 4 members (excludes halogenated alkanes) is 1. The molecule has 0 bridgehead atoms. The first-order valence-corrected chi connectivity index (χ1v) is 7.29. The molecule has 2 heteroatoms. The minimum absolute atomic E-state index is 0.254. The molecule has 1 aliphatic heterocycles. The van der Waals surface area contributed by atoms with Crippen LogP contribution in [0.2, 0.25) is 0 Å². The topological polar surface area (TPSA) is 24.1 Å². The van der Waals surface area contributed by atoms with Crippen molar-refractivity contribution in [2.75, 3.05) is 0 Å². The van der Waals surface area contributed by atoms with Crippen LogP contribution < -0.4 is 10.6 Å². The lowest BCUT2D eigenvalue weighted by Crippen LogP contribution is -2.62. The van der Waals surface area contributed by atoms with Crippen LogP contribution in [0.5, 0.6) is 0 Å². The van der Waals surface area contributed by atoms with Crippen molar-refractivity contribution in [3.8, 4) is 0 Å². The lowest BCUT2D eigenvalue weighted by Gasteiger charge is -2.47. The van der Waals surface area contributed by atoms with E-state index in [1.807, 2.05) is 0 Å². The first-order chi connectivity index (χ1) is 7.74. The van der Waals surface area contributed by atoms with Crippen molar-refractivity contribution in [1.29, 1.82) is 0 Å². The molecule has 2 N–H and O–H groups in total. The fraction of sp³-hybridized carbons (Fsp3) is 1.00. The van der Waals surface area contributed by atoms with Crippen LogP contribution in [0.25, 0.3) is 0 Å². The smallest absolute Gasteiger partial charge is 0.0144 e. The van der Waals surface area contributed by atoms with Gasteiger partial charge in [0.2, 0.25) is 0 Å². The average Bonchev–Trinajstić information content (AvgIpc) is 2.09. The highest BCUT2D eigenvalue weighted by Gasteiger charge is 2.37. The second-order valence-electron chi connectivity index (χ2n) is 7.21. The molecule has 1 rings (SSSR count). The molecule has 0 aromatic heterocycles. The highest BCUT2D eigenvalue weighted by molar-refractivity contribution is 4.99. The summed E-state index contributed by atoms with van der Waals surface area (Å²) in [5.41, 5.74) is 0.508. The first kappa shape index (κ1) is 15.0. The Kier molecular flexibility index (Phi) is 5.03. The Bertz CT molecular complexity index is 217. The van der Waals surface area contributed by atoms with Crippen LogP contribution in [0.1, 0.15) is 73.6 Å². The van der Waals surface area contributed by atoms with Gasteiger partial charge in [-0.3, -0.25) is 0 Å². The van der Waals surface area contributed by atoms with E-state index < -0.39 is 0 Å². The summed E-state index contributed by atoms with van der Waals surface area (Å²) in [5, 5.41) is 7.56. The van der Waals surface area contributed by atoms with Gasteiger partial charge >= 0.3 is 0 Å². The summed E-state index contributed by atoms with van der Waals surface area (Å²) in [6.45, 7) is 13.9. The number of nitrogens with one attached hydrogen (secondary N) is 2. The maximum absolute atomic E-state index is 3.82. The lowest BCUT2D eigenvalue weighted by molar-refractivity contribution is 0.140. The SMILES string of the molecule is CCCCC(C)NC1CC(C)(C)NC(C)(C)C1. The van der Waals surface area contributed by atoms with Crippen LogP contribution in [0.15, 0.2) is 0 Å². The second-order valence-corrected chi connectivity index (χ2v) is 7.21. The number of piperidine rings is 1. The van der Waals surface area contributed by atoms with E-state index in [2.05, 4.69) is 52.2 Å². The van der Waals surface area contributed by atoms with Crippen molar-refractivity contribution in [3.05, 3.63) is 0 Å². The Hall–Kier alpha value is -0.0800. The van der Waals surface area contributed by atoms with Crippen molar-refractivity contribution < 1.29 is 0 Å². The molecular weight excluding hydrogens is 208 g/mol. The molecule has 2 nitrogen and oxygen atoms in total. The first-order valence-electron chi connectivity index (χ1n) is 7.29. The molecule has 0 aromatic rings. The molecule has 1 heterocycles. The van der Waals surface area contributed by atoms with Gasteiger partial charge in [-0.15, -0.1) is 0 Å². The van der Waals surface area contributed by atoms with Crippen molar-refractivity contribution >= 4 is 0 Å². The van der Waals surface area contributed by atoms with E-state index in [-0.39, 0.29) is 11.1 Å². The third kappa shape index (κ3) is 5.39. The molecule has 17 heavy (non-hydrogen) atoms. The van der Waals surface area contributed by atoms with Gasteiger partial charge in [0.1, 0.15) is 0 Å². The van der Waals surface area contributed by atoms with E-state index in [9.17, 15) is 0 Å². The zero-order chi connectivity index (χ0) is 13.1. The maximum Gasteiger partial charge on any atom is 0.0144 e. The molecule has 0 saturated carbocycles. The van der Waals surface area contributed by atoms with Crippen molar-refractivity contribution in [2.45, 2.75) is 96.8 Å². The van der Waals surface area contributed by atoms with E-state index in [4.69, 9.17) is 0 Å². The third-order valence-electron chi connectivity index (χ3n) is 3.70. The number of rotatable bonds is 5. The molecule has 0 aromatic carbocycles. The van der Waals surface area contributed by atoms with Gasteiger partial charge in [0, 0.05) is 23.2 Å². The molecular formula is C15H32N2. The Morgan fingerprint density at radius 3 is 2.18 bits per heavy atom. The van der Waals surface area contributed by atoms with Gasteiger partial charge in [0.05, 0.1) is 0 Å². The lowest BCUT2D eigenvalue weighted by atomic mass is 9.79. The van der Waals surface area contributed by atoms with Crippen LogP contribution >= 0.6 is 0 Å². The Morgan fingerprint density at radius 2 is 1.71 bits per heavy atom. The Morgan fingerprint density at radius 1 is 1.18 bits per heavy atom. The summed E-state index contributed by atoms with van der Waals surface area (Å²) < 4.78 is 0. The zero-order valence-corrected chi connectivity index (χ0v) is 12.7. The second kappa shape index (κ2) is 5.71. The van der Waals surface area contributed by atoms with E-state index in [1.165, 1.54) is 32.1 Å². The van der Waals surface area contributed by atoms with Gasteiger partial charge in [0.25, 0.3) is 0 Å². The summed E-state index contributed by atoms with van der Waals surface area (Å²) in [5.74, 6) is 0. The van der Waals surface area contributed by atoms with Crippen molar-refractivity contribution in [1.82, 2.24) is 10.6 Å². The quantitative estimate of drug-likeness (QED) is 0.769. The third-order valence-corrected chi connectivity index (χ3v) is 3.70. The maximum atomic E-state index is 3.82. The minimum Gasteiger partial charge on any atom is -0.311 e. The summed E-state index contributed by atoms with van der Waals surface area (Å²) in [4.78, 5) is 0. The van der Waals surface area contributed by atoms with Crippen LogP contribution in [-0.2, 0) is 0 Å². The fourth-order valence-corrected chi connectivity index (χ4v) is 3.44. The molecule has 0 radical (unpaired) electrons. The monoisotopic (exact) mass is 240 g/mol. The standard InChI is InChI=1S/C15H32N2/c1-7-8-9-12(2)16-13-10-14(3,4)17-15(5,6)11-13/h12-13,16-17H,7-11H2,1-6H3. The van der Waals surface area contributed by atoms with Crippen molar-refractivity contribution in [2.24, 2.45) is 0 Å². The van der Waals surface area contributed by atoms with E-state index >= 15 is 0 Å². The highest BCUT2D eigenvalue weighted by Crippen LogP contribution is 2.28. The van der Waals surface area contributed by atoms with Crippen LogP contribution in [-0.4, -0.2) is 23.2 Å². The van der Waals surface area contributed by atoms with Gasteiger partial charge < -0.3 is 10.6 Å². The molecule has 1 unspecified atom stereocenters. The molecule has 1 saturated heterocycles. The van der Waals surface area contributed by atoms with Gasteiger partial charge in [-0.1, -0.05) is 19.8 Å². The summed E-state index contributed by atoms with van der Waals surface area (Å²) >= 11 is 0. The number of hydrogen-bond acceptors (Lipinski definition) is 2. The normalized spacial score (nSPS) is 25.8. The fourth-order valence-electron chi connectivity index (χ4n) is 3.44. The predicted octanol–water partition coefficient (Wildman–Crippen LogP) is 3.46. The summed E-state index contributed by atoms with van der Waals surface area (Å²) in [7, 11) is 0. The molecule has 1 aliphatic rings. The van der Waals surface area contributed by atoms with Gasteiger partial charge in [-0.2, -0.15) is 0 Å². The van der Waals surface area contributed by atoms with Crippen LogP contribution in [0.4, 0.5) is 0 Å². The average molecular weight is 240 g/mol. The van der Waals surface area contributed by atoms with Gasteiger partial charge in [0.15, 0.2) is 0 Å². The minimum atomic E-state index is 0.254. The molecule has 0 spiro atoms. The van der Waals surface area contributed by atoms with E-state index in [0.29, 0.717) is 12.1 Å². The largest absolute Gasteiger partial charge is 0.311 e. The molecule has 102 valence electrons. The van der Waals surface area contributed by atoms with Crippen molar-refractivity contribution in [3.63, 3.8) is 0 Å². The van der Waals surface area contributed by atoms with E-state index in [0.717, 1.165) is 0 Å². The predicted molar refractivity (Wildman–Crippen MR) is 76.4 cm³/mol. The zero-order valence-electron chi connectivity index (χ0n) is 12.7.